The van der Waals surface area contributed by atoms with E-state index in [2.05, 4.69) is 80.0 Å². The molecule has 0 aliphatic rings. The highest BCUT2D eigenvalue weighted by molar-refractivity contribution is 5.98. The van der Waals surface area contributed by atoms with E-state index in [-0.39, 0.29) is 98.5 Å². The van der Waals surface area contributed by atoms with Gasteiger partial charge in [-0.1, -0.05) is 78.9 Å². The van der Waals surface area contributed by atoms with Crippen LogP contribution >= 0.6 is 0 Å². The SMILES string of the molecule is Nc1cc2ccc(-c3ccc(O)c(O)c3)cc2c(N)n1.Nc1cc2ccc(-c3cccc(O)c3)nc2c(N)n1.Nc1cc2ncc(-c3ccc(O)c(O)c3)nc2c(N)n1.Nc1cc2ncc(-c3cccc(O)c3)cc2c(N)n1.Nc1nc(N)c2cc(-c3ccc(O)c(O)c3)ccc2n1.Nc1ncc2cc(-c3ccc(O)c(O)c3)cnc2n1.Nc1nnc2cc(-c3ccc(O)c(O)c3)ccc2n1. The molecule has 0 bridgehead atoms. The van der Waals surface area contributed by atoms with Gasteiger partial charge >= 0.3 is 0 Å². The lowest BCUT2D eigenvalue weighted by atomic mass is 10.0. The van der Waals surface area contributed by atoms with Crippen LogP contribution in [0.1, 0.15) is 0 Å². The lowest BCUT2D eigenvalue weighted by molar-refractivity contribution is 0.404. The highest BCUT2D eigenvalue weighted by Crippen LogP contribution is 2.40. The van der Waals surface area contributed by atoms with Gasteiger partial charge in [0.05, 0.1) is 39.7 Å². The number of hydrogen-bond acceptors (Lipinski definition) is 40. The van der Waals surface area contributed by atoms with E-state index in [1.165, 1.54) is 66.9 Å². The van der Waals surface area contributed by atoms with Gasteiger partial charge in [-0.3, -0.25) is 9.97 Å². The lowest BCUT2D eigenvalue weighted by Gasteiger charge is -2.08. The van der Waals surface area contributed by atoms with Crippen molar-refractivity contribution < 1.29 is 61.3 Å². The van der Waals surface area contributed by atoms with Crippen molar-refractivity contribution in [2.45, 2.75) is 0 Å². The van der Waals surface area contributed by atoms with Gasteiger partial charge in [0.25, 0.3) is 0 Å². The Hall–Kier alpha value is -20.5. The van der Waals surface area contributed by atoms with Gasteiger partial charge < -0.3 is 130 Å². The number of hydrogen-bond donors (Lipinski definition) is 24. The third-order valence-electron chi connectivity index (χ3n) is 20.4. The van der Waals surface area contributed by atoms with Crippen molar-refractivity contribution in [1.82, 2.24) is 80.0 Å². The highest BCUT2D eigenvalue weighted by Gasteiger charge is 2.17. The number of benzene rings is 10. The van der Waals surface area contributed by atoms with E-state index < -0.39 is 0 Å². The van der Waals surface area contributed by atoms with Crippen LogP contribution in [-0.2, 0) is 0 Å². The van der Waals surface area contributed by atoms with E-state index in [4.69, 9.17) is 68.8 Å². The van der Waals surface area contributed by atoms with Gasteiger partial charge in [-0.15, -0.1) is 10.2 Å². The van der Waals surface area contributed by atoms with Crippen LogP contribution in [0.5, 0.6) is 69.0 Å². The first kappa shape index (κ1) is 90.3. The molecule has 0 unspecified atom stereocenters. The fraction of sp³-hybridized carbons (Fsp3) is 0. The van der Waals surface area contributed by atoms with E-state index in [0.29, 0.717) is 102 Å². The predicted octanol–water partition coefficient (Wildman–Crippen LogP) is 13.3. The van der Waals surface area contributed by atoms with E-state index in [1.807, 2.05) is 72.8 Å². The maximum Gasteiger partial charge on any atom is 0.240 e. The summed E-state index contributed by atoms with van der Waals surface area (Å²) in [7, 11) is 0. The lowest BCUT2D eigenvalue weighted by Crippen LogP contribution is -2.00. The summed E-state index contributed by atoms with van der Waals surface area (Å²) >= 11 is 0. The molecule has 0 atom stereocenters. The Morgan fingerprint density at radius 3 is 1.19 bits per heavy atom. The molecular weight excluding hydrogens is 1740 g/mol. The first-order chi connectivity index (χ1) is 65.1. The molecule has 0 saturated carbocycles. The predicted molar refractivity (Wildman–Crippen MR) is 523 cm³/mol. The zero-order chi connectivity index (χ0) is 96.4. The zero-order valence-corrected chi connectivity index (χ0v) is 70.9. The first-order valence-corrected chi connectivity index (χ1v) is 40.3. The van der Waals surface area contributed by atoms with Crippen LogP contribution in [0.15, 0.2) is 267 Å². The van der Waals surface area contributed by atoms with Crippen LogP contribution in [0.2, 0.25) is 0 Å². The number of nitrogen functional groups attached to an aromatic ring is 12. The Labute approximate surface area is 767 Å². The summed E-state index contributed by atoms with van der Waals surface area (Å²) in [5, 5.41) is 126. The maximum absolute atomic E-state index is 9.56. The monoisotopic (exact) mass is 1820 g/mol. The summed E-state index contributed by atoms with van der Waals surface area (Å²) in [5.41, 5.74) is 83.6. The van der Waals surface area contributed by atoms with Crippen molar-refractivity contribution in [3.63, 3.8) is 0 Å². The minimum Gasteiger partial charge on any atom is -0.508 e. The molecule has 11 heterocycles. The van der Waals surface area contributed by atoms with Crippen LogP contribution in [0.4, 0.5) is 70.2 Å². The van der Waals surface area contributed by atoms with Crippen molar-refractivity contribution in [3.05, 3.63) is 267 Å². The summed E-state index contributed by atoms with van der Waals surface area (Å²) in [4.78, 5) is 57.6. The second kappa shape index (κ2) is 38.6. The molecule has 0 aliphatic heterocycles. The van der Waals surface area contributed by atoms with Crippen LogP contribution in [0.3, 0.4) is 0 Å². The van der Waals surface area contributed by atoms with Crippen molar-refractivity contribution in [1.29, 1.82) is 0 Å². The summed E-state index contributed by atoms with van der Waals surface area (Å²) < 4.78 is 0. The number of aromatic hydroxyl groups is 12. The highest BCUT2D eigenvalue weighted by atomic mass is 16.3. The number of phenolic OH excluding ortho intramolecular Hbond substituents is 12. The summed E-state index contributed by atoms with van der Waals surface area (Å²) in [6, 6.07) is 67.4. The molecule has 0 radical (unpaired) electrons. The van der Waals surface area contributed by atoms with Crippen molar-refractivity contribution in [3.8, 4) is 147 Å². The van der Waals surface area contributed by atoms with Gasteiger partial charge in [-0.25, -0.2) is 49.8 Å². The van der Waals surface area contributed by atoms with Crippen molar-refractivity contribution >= 4 is 147 Å². The van der Waals surface area contributed by atoms with Gasteiger partial charge in [-0.05, 0) is 202 Å². The van der Waals surface area contributed by atoms with Crippen LogP contribution < -0.4 is 68.8 Å². The second-order valence-corrected chi connectivity index (χ2v) is 29.9. The largest absolute Gasteiger partial charge is 0.508 e. The molecule has 40 heteroatoms. The molecule has 11 aromatic heterocycles. The van der Waals surface area contributed by atoms with E-state index in [9.17, 15) is 61.3 Å². The average Bonchev–Trinajstić information content (AvgIpc) is 0.820. The maximum atomic E-state index is 9.56. The molecule has 136 heavy (non-hydrogen) atoms. The molecule has 21 aromatic rings. The van der Waals surface area contributed by atoms with E-state index in [0.717, 1.165) is 93.8 Å². The number of aromatic nitrogens is 16. The molecule has 10 aromatic carbocycles. The Kier molecular flexibility index (Phi) is 25.6. The number of phenols is 12. The number of nitrogens with zero attached hydrogens (tertiary/aromatic N) is 16. The van der Waals surface area contributed by atoms with Crippen molar-refractivity contribution in [2.24, 2.45) is 0 Å². The number of anilines is 12. The van der Waals surface area contributed by atoms with Gasteiger partial charge in [0.15, 0.2) is 74.8 Å². The average molecular weight is 1820 g/mol. The number of nitrogens with two attached hydrogens (primary N) is 12. The van der Waals surface area contributed by atoms with E-state index >= 15 is 0 Å². The molecule has 36 N–H and O–H groups in total. The van der Waals surface area contributed by atoms with Crippen LogP contribution in [0, 0.1) is 0 Å². The summed E-state index contributed by atoms with van der Waals surface area (Å²) in [6.07, 6.45) is 6.47. The molecular formula is C96H80N28O12. The van der Waals surface area contributed by atoms with E-state index in [1.54, 1.807) is 128 Å². The standard InChI is InChI=1S/C15H13N3O2.C14H12N4O2.2C14H12N4O.C13H11N5O2.2C13H10N4O2/c16-14-7-10-2-1-8(5-11(10)15(17)18-14)9-3-4-12(19)13(20)6-9;15-13-9-5-7(1-3-10(9)17-14(16)18-13)8-2-4-11(19)12(20)6-8;15-13-6-12-11(14(16)18-13)5-9(7-17-12)8-2-1-3-10(19)4-8;15-12-7-9-4-5-11(17-13(9)14(16)18-12)8-2-1-3-10(19)6-8;14-11-4-7-12(13(15)18-11)17-8(5-16-7)6-1-2-9(19)10(20)3-6;14-13-15-9-3-1-7(5-10(9)16-17-13)8-2-4-11(18)12(19)6-8;14-13-16-6-9-3-8(5-15-12(9)17-13)7-1-2-10(18)11(19)4-7/h1-7,19-20H,(H4,16,17,18);1-6,19-20H,(H4,15,16,17,18);2*1-7,19H,(H4,15,16,18);1-5,19-20H,(H4,14,15,18);1-6,18-19H,(H2,14,15,17);1-6,18-19H,(H2,14,15,16,17). The molecule has 676 valence electrons. The fourth-order valence-electron chi connectivity index (χ4n) is 13.7. The minimum atomic E-state index is -0.229. The summed E-state index contributed by atoms with van der Waals surface area (Å²) in [6.45, 7) is 0. The van der Waals surface area contributed by atoms with Crippen LogP contribution in [0.25, 0.3) is 155 Å². The zero-order valence-electron chi connectivity index (χ0n) is 70.9. The molecule has 0 aliphatic carbocycles. The molecule has 0 spiro atoms. The topological polar surface area (TPSA) is 761 Å². The Morgan fingerprint density at radius 1 is 0.191 bits per heavy atom. The Balaban J connectivity index is 0.000000121. The second-order valence-electron chi connectivity index (χ2n) is 29.9. The molecule has 0 fully saturated rings. The van der Waals surface area contributed by atoms with Crippen molar-refractivity contribution in [2.75, 3.05) is 68.8 Å². The van der Waals surface area contributed by atoms with Gasteiger partial charge in [-0.2, -0.15) is 9.97 Å². The van der Waals surface area contributed by atoms with Gasteiger partial charge in [0, 0.05) is 79.9 Å². The third kappa shape index (κ3) is 21.0. The smallest absolute Gasteiger partial charge is 0.240 e. The quantitative estimate of drug-likeness (QED) is 0.0659. The number of rotatable bonds is 7. The number of fused-ring (bicyclic) bond motifs is 7. The number of pyridine rings is 7. The van der Waals surface area contributed by atoms with Gasteiger partial charge in [0.2, 0.25) is 17.8 Å². The van der Waals surface area contributed by atoms with Crippen LogP contribution in [-0.4, -0.2) is 141 Å². The minimum absolute atomic E-state index is 0.127. The molecule has 21 rings (SSSR count). The summed E-state index contributed by atoms with van der Waals surface area (Å²) in [5.74, 6) is 2.00. The molecule has 0 amide bonds. The van der Waals surface area contributed by atoms with Gasteiger partial charge in [0.1, 0.15) is 68.8 Å². The third-order valence-corrected chi connectivity index (χ3v) is 20.4. The molecule has 40 nitrogen and oxygen atoms in total. The fourth-order valence-corrected chi connectivity index (χ4v) is 13.7. The Morgan fingerprint density at radius 2 is 0.596 bits per heavy atom. The molecule has 0 saturated heterocycles. The normalized spacial score (nSPS) is 10.8. The Bertz CT molecular complexity index is 7610. The first-order valence-electron chi connectivity index (χ1n) is 40.3.